The van der Waals surface area contributed by atoms with E-state index in [1.807, 2.05) is 0 Å². The summed E-state index contributed by atoms with van der Waals surface area (Å²) in [5.74, 6) is 0. The van der Waals surface area contributed by atoms with Crippen molar-refractivity contribution >= 4 is 6.16 Å². The summed E-state index contributed by atoms with van der Waals surface area (Å²) in [5.41, 5.74) is 0. The monoisotopic (exact) mass is 590 g/mol. The van der Waals surface area contributed by atoms with E-state index < -0.39 is 6.16 Å². The summed E-state index contributed by atoms with van der Waals surface area (Å²) in [4.78, 5) is 10.1. The predicted molar refractivity (Wildman–Crippen MR) is 140 cm³/mol. The summed E-state index contributed by atoms with van der Waals surface area (Å²) in [7, 11) is 0. The van der Waals surface area contributed by atoms with Gasteiger partial charge in [0.2, 0.25) is 0 Å². The lowest BCUT2D eigenvalue weighted by atomic mass is 10.6. The lowest BCUT2D eigenvalue weighted by Crippen LogP contribution is -2.15. The molecular formula is C25H50O15. The highest BCUT2D eigenvalue weighted by Gasteiger charge is 1.97. The number of carboxylic acid groups (broad SMARTS) is 1. The van der Waals surface area contributed by atoms with E-state index in [2.05, 4.69) is 4.74 Å². The molecule has 0 heterocycles. The molecule has 240 valence electrons. The van der Waals surface area contributed by atoms with Crippen LogP contribution in [0.3, 0.4) is 0 Å². The number of rotatable bonds is 35. The Kier molecular flexibility index (Phi) is 34.7. The minimum Gasteiger partial charge on any atom is -0.450 e. The third kappa shape index (κ3) is 36.8. The molecular weight excluding hydrogens is 540 g/mol. The van der Waals surface area contributed by atoms with Gasteiger partial charge in [0.15, 0.2) is 0 Å². The average Bonchev–Trinajstić information content (AvgIpc) is 2.95. The van der Waals surface area contributed by atoms with Crippen LogP contribution in [0.1, 0.15) is 0 Å². The van der Waals surface area contributed by atoms with Crippen LogP contribution in [-0.2, 0) is 56.8 Å². The van der Waals surface area contributed by atoms with Crippen molar-refractivity contribution in [3.8, 4) is 0 Å². The zero-order valence-electron chi connectivity index (χ0n) is 23.7. The fourth-order valence-corrected chi connectivity index (χ4v) is 2.55. The first-order chi connectivity index (χ1) is 19.8. The van der Waals surface area contributed by atoms with E-state index in [1.165, 1.54) is 0 Å². The highest BCUT2D eigenvalue weighted by molar-refractivity contribution is 5.56. The van der Waals surface area contributed by atoms with Crippen LogP contribution >= 0.6 is 0 Å². The van der Waals surface area contributed by atoms with Gasteiger partial charge in [-0.25, -0.2) is 4.79 Å². The number of hydrogen-bond acceptors (Lipinski definition) is 14. The largest absolute Gasteiger partial charge is 0.505 e. The molecule has 0 saturated heterocycles. The number of hydrogen-bond donors (Lipinski definition) is 2. The molecule has 0 aromatic heterocycles. The third-order valence-electron chi connectivity index (χ3n) is 4.41. The molecule has 0 radical (unpaired) electrons. The van der Waals surface area contributed by atoms with E-state index in [0.29, 0.717) is 139 Å². The van der Waals surface area contributed by atoms with E-state index in [4.69, 9.17) is 62.3 Å². The molecule has 15 heteroatoms. The molecule has 0 atom stereocenters. The Labute approximate surface area is 237 Å². The molecule has 0 saturated carbocycles. The second-order valence-electron chi connectivity index (χ2n) is 7.57. The lowest BCUT2D eigenvalue weighted by molar-refractivity contribution is -0.0283. The molecule has 0 unspecified atom stereocenters. The van der Waals surface area contributed by atoms with Gasteiger partial charge >= 0.3 is 6.16 Å². The van der Waals surface area contributed by atoms with Gasteiger partial charge in [-0.3, -0.25) is 0 Å². The number of ether oxygens (including phenoxy) is 12. The predicted octanol–water partition coefficient (Wildman–Crippen LogP) is -0.144. The number of carbonyl (C=O) groups is 1. The van der Waals surface area contributed by atoms with Crippen molar-refractivity contribution < 1.29 is 71.8 Å². The van der Waals surface area contributed by atoms with Crippen LogP contribution in [-0.4, -0.2) is 175 Å². The molecule has 0 bridgehead atoms. The van der Waals surface area contributed by atoms with Gasteiger partial charge < -0.3 is 67.1 Å². The molecule has 0 aliphatic heterocycles. The first kappa shape index (κ1) is 38.8. The Morgan fingerprint density at radius 1 is 0.325 bits per heavy atom. The van der Waals surface area contributed by atoms with Crippen molar-refractivity contribution in [3.05, 3.63) is 0 Å². The van der Waals surface area contributed by atoms with Gasteiger partial charge in [-0.05, 0) is 0 Å². The Morgan fingerprint density at radius 3 is 0.675 bits per heavy atom. The van der Waals surface area contributed by atoms with Gasteiger partial charge in [0.1, 0.15) is 6.61 Å². The van der Waals surface area contributed by atoms with Crippen LogP contribution in [0.25, 0.3) is 0 Å². The Bertz CT molecular complexity index is 487. The van der Waals surface area contributed by atoms with Crippen LogP contribution in [0.15, 0.2) is 0 Å². The first-order valence-electron chi connectivity index (χ1n) is 13.6. The molecule has 0 amide bonds. The quantitative estimate of drug-likeness (QED) is 0.0738. The molecule has 0 aliphatic carbocycles. The van der Waals surface area contributed by atoms with Crippen molar-refractivity contribution in [1.82, 2.24) is 0 Å². The highest BCUT2D eigenvalue weighted by Crippen LogP contribution is 1.87. The molecule has 2 N–H and O–H groups in total. The zero-order chi connectivity index (χ0) is 29.0. The van der Waals surface area contributed by atoms with Gasteiger partial charge in [-0.1, -0.05) is 0 Å². The second-order valence-corrected chi connectivity index (χ2v) is 7.57. The van der Waals surface area contributed by atoms with Crippen molar-refractivity contribution in [2.75, 3.05) is 159 Å². The van der Waals surface area contributed by atoms with E-state index in [9.17, 15) is 4.79 Å². The van der Waals surface area contributed by atoms with Crippen molar-refractivity contribution in [2.24, 2.45) is 0 Å². The third-order valence-corrected chi connectivity index (χ3v) is 4.41. The second kappa shape index (κ2) is 35.8. The van der Waals surface area contributed by atoms with Crippen LogP contribution in [0.5, 0.6) is 0 Å². The van der Waals surface area contributed by atoms with Crippen LogP contribution in [0.2, 0.25) is 0 Å². The molecule has 0 aromatic carbocycles. The summed E-state index contributed by atoms with van der Waals surface area (Å²) in [6, 6.07) is 0. The summed E-state index contributed by atoms with van der Waals surface area (Å²) in [6.45, 7) is 9.99. The van der Waals surface area contributed by atoms with E-state index in [-0.39, 0.29) is 19.8 Å². The summed E-state index contributed by atoms with van der Waals surface area (Å²) in [6.07, 6.45) is -1.31. The summed E-state index contributed by atoms with van der Waals surface area (Å²) >= 11 is 0. The SMILES string of the molecule is O=C(O)OCCOCCOCCOCCOCCOCCOCCOCCOCCOCCOCCOCCO. The summed E-state index contributed by atoms with van der Waals surface area (Å²) in [5, 5.41) is 16.8. The Balaban J connectivity index is 3.03. The smallest absolute Gasteiger partial charge is 0.450 e. The molecule has 15 nitrogen and oxygen atoms in total. The first-order valence-corrected chi connectivity index (χ1v) is 13.6. The molecule has 0 rings (SSSR count). The number of aliphatic hydroxyl groups is 1. The van der Waals surface area contributed by atoms with Crippen molar-refractivity contribution in [3.63, 3.8) is 0 Å². The topological polar surface area (TPSA) is 168 Å². The summed E-state index contributed by atoms with van der Waals surface area (Å²) < 4.78 is 63.0. The fourth-order valence-electron chi connectivity index (χ4n) is 2.55. The van der Waals surface area contributed by atoms with Crippen LogP contribution < -0.4 is 0 Å². The van der Waals surface area contributed by atoms with Gasteiger partial charge in [-0.2, -0.15) is 0 Å². The van der Waals surface area contributed by atoms with E-state index in [0.717, 1.165) is 0 Å². The highest BCUT2D eigenvalue weighted by atomic mass is 16.7. The van der Waals surface area contributed by atoms with Gasteiger partial charge in [0.05, 0.1) is 152 Å². The molecule has 0 aromatic rings. The molecule has 0 spiro atoms. The standard InChI is InChI=1S/C25H50O15/c26-1-2-29-3-4-30-5-6-31-7-8-32-9-10-33-11-12-34-13-14-35-15-16-36-17-18-37-19-20-38-21-22-39-23-24-40-25(27)28/h26H,1-24H2,(H,27,28). The maximum atomic E-state index is 10.1. The van der Waals surface area contributed by atoms with Crippen molar-refractivity contribution in [1.29, 1.82) is 0 Å². The Hall–Kier alpha value is -1.21. The van der Waals surface area contributed by atoms with E-state index in [1.54, 1.807) is 0 Å². The molecule has 0 aliphatic rings. The van der Waals surface area contributed by atoms with Crippen LogP contribution in [0.4, 0.5) is 4.79 Å². The Morgan fingerprint density at radius 2 is 0.500 bits per heavy atom. The maximum Gasteiger partial charge on any atom is 0.505 e. The minimum atomic E-state index is -1.31. The van der Waals surface area contributed by atoms with Crippen molar-refractivity contribution in [2.45, 2.75) is 0 Å². The fraction of sp³-hybridized carbons (Fsp3) is 0.960. The molecule has 0 fully saturated rings. The normalized spacial score (nSPS) is 11.3. The maximum absolute atomic E-state index is 10.1. The number of aliphatic hydroxyl groups excluding tert-OH is 1. The van der Waals surface area contributed by atoms with E-state index >= 15 is 0 Å². The molecule has 40 heavy (non-hydrogen) atoms. The minimum absolute atomic E-state index is 0.00678. The lowest BCUT2D eigenvalue weighted by Gasteiger charge is -2.09. The van der Waals surface area contributed by atoms with Gasteiger partial charge in [0.25, 0.3) is 0 Å². The average molecular weight is 591 g/mol. The van der Waals surface area contributed by atoms with Gasteiger partial charge in [-0.15, -0.1) is 0 Å². The van der Waals surface area contributed by atoms with Gasteiger partial charge in [0, 0.05) is 0 Å². The van der Waals surface area contributed by atoms with Crippen LogP contribution in [0, 0.1) is 0 Å². The zero-order valence-corrected chi connectivity index (χ0v) is 23.7.